The molecular weight excluding hydrogens is 238 g/mol. The first kappa shape index (κ1) is 15.0. The van der Waals surface area contributed by atoms with Crippen LogP contribution in [0.1, 0.15) is 18.4 Å². The Labute approximate surface area is 114 Å². The molecule has 1 rings (SSSR count). The molecule has 0 radical (unpaired) electrons. The Hall–Kier alpha value is -2.04. The van der Waals surface area contributed by atoms with Crippen molar-refractivity contribution in [3.63, 3.8) is 0 Å². The molecular formula is C15H19N3O. The second-order valence-corrected chi connectivity index (χ2v) is 4.25. The zero-order valence-corrected chi connectivity index (χ0v) is 11.3. The van der Waals surface area contributed by atoms with E-state index in [1.54, 1.807) is 0 Å². The predicted molar refractivity (Wildman–Crippen MR) is 74.7 cm³/mol. The van der Waals surface area contributed by atoms with E-state index in [4.69, 9.17) is 15.3 Å². The van der Waals surface area contributed by atoms with Crippen molar-refractivity contribution in [3.05, 3.63) is 29.8 Å². The van der Waals surface area contributed by atoms with Gasteiger partial charge in [0.15, 0.2) is 0 Å². The molecule has 19 heavy (non-hydrogen) atoms. The Morgan fingerprint density at radius 2 is 1.89 bits per heavy atom. The van der Waals surface area contributed by atoms with Gasteiger partial charge >= 0.3 is 0 Å². The topological polar surface area (TPSA) is 60.1 Å². The summed E-state index contributed by atoms with van der Waals surface area (Å²) in [5, 5.41) is 17.1. The fourth-order valence-electron chi connectivity index (χ4n) is 1.77. The molecule has 0 aliphatic heterocycles. The molecule has 0 heterocycles. The van der Waals surface area contributed by atoms with Crippen LogP contribution in [0.4, 0.5) is 5.69 Å². The van der Waals surface area contributed by atoms with Crippen LogP contribution in [0.2, 0.25) is 0 Å². The molecule has 0 spiro atoms. The van der Waals surface area contributed by atoms with Gasteiger partial charge < -0.3 is 9.64 Å². The summed E-state index contributed by atoms with van der Waals surface area (Å²) in [6, 6.07) is 12.4. The molecule has 0 amide bonds. The van der Waals surface area contributed by atoms with Crippen molar-refractivity contribution in [2.45, 2.75) is 19.8 Å². The van der Waals surface area contributed by atoms with Crippen molar-refractivity contribution in [2.24, 2.45) is 0 Å². The molecule has 0 unspecified atom stereocenters. The molecule has 0 bridgehead atoms. The van der Waals surface area contributed by atoms with Gasteiger partial charge in [-0.2, -0.15) is 10.5 Å². The third-order valence-electron chi connectivity index (χ3n) is 2.72. The van der Waals surface area contributed by atoms with Gasteiger partial charge in [-0.3, -0.25) is 0 Å². The summed E-state index contributed by atoms with van der Waals surface area (Å²) in [6.45, 7) is 4.52. The molecule has 0 aromatic heterocycles. The monoisotopic (exact) mass is 257 g/mol. The van der Waals surface area contributed by atoms with E-state index < -0.39 is 0 Å². The number of nitrogens with zero attached hydrogens (tertiary/aromatic N) is 3. The van der Waals surface area contributed by atoms with Crippen molar-refractivity contribution in [1.29, 1.82) is 10.5 Å². The molecule has 0 N–H and O–H groups in total. The molecule has 100 valence electrons. The van der Waals surface area contributed by atoms with Crippen LogP contribution in [0.5, 0.6) is 0 Å². The zero-order chi connectivity index (χ0) is 13.9. The molecule has 0 fully saturated rings. The Morgan fingerprint density at radius 3 is 2.58 bits per heavy atom. The summed E-state index contributed by atoms with van der Waals surface area (Å²) < 4.78 is 5.39. The molecule has 0 saturated heterocycles. The maximum Gasteiger partial charge on any atom is 0.0645 e. The number of hydrogen-bond acceptors (Lipinski definition) is 4. The largest absolute Gasteiger partial charge is 0.379 e. The normalized spacial score (nSPS) is 9.63. The number of aryl methyl sites for hydroxylation is 1. The van der Waals surface area contributed by atoms with Crippen LogP contribution in [0.15, 0.2) is 24.3 Å². The van der Waals surface area contributed by atoms with E-state index in [1.807, 2.05) is 18.2 Å². The van der Waals surface area contributed by atoms with E-state index in [0.29, 0.717) is 32.6 Å². The highest BCUT2D eigenvalue weighted by atomic mass is 16.5. The van der Waals surface area contributed by atoms with Crippen LogP contribution in [0.25, 0.3) is 0 Å². The Balaban J connectivity index is 2.52. The van der Waals surface area contributed by atoms with Gasteiger partial charge in [-0.15, -0.1) is 0 Å². The van der Waals surface area contributed by atoms with Crippen molar-refractivity contribution >= 4 is 5.69 Å². The van der Waals surface area contributed by atoms with Crippen molar-refractivity contribution in [2.75, 3.05) is 31.2 Å². The number of rotatable bonds is 8. The molecule has 1 aromatic carbocycles. The first-order chi connectivity index (χ1) is 9.27. The highest BCUT2D eigenvalue weighted by Gasteiger charge is 2.06. The van der Waals surface area contributed by atoms with Gasteiger partial charge in [-0.1, -0.05) is 12.1 Å². The van der Waals surface area contributed by atoms with E-state index in [9.17, 15) is 0 Å². The van der Waals surface area contributed by atoms with Crippen molar-refractivity contribution in [1.82, 2.24) is 0 Å². The molecule has 4 nitrogen and oxygen atoms in total. The quantitative estimate of drug-likeness (QED) is 0.672. The minimum absolute atomic E-state index is 0.419. The lowest BCUT2D eigenvalue weighted by molar-refractivity contribution is 0.146. The summed E-state index contributed by atoms with van der Waals surface area (Å²) in [5.41, 5.74) is 2.31. The van der Waals surface area contributed by atoms with Gasteiger partial charge in [0, 0.05) is 18.8 Å². The fraction of sp³-hybridized carbons (Fsp3) is 0.467. The highest BCUT2D eigenvalue weighted by molar-refractivity contribution is 5.48. The third-order valence-corrected chi connectivity index (χ3v) is 2.72. The van der Waals surface area contributed by atoms with Crippen molar-refractivity contribution < 1.29 is 4.74 Å². The minimum atomic E-state index is 0.419. The van der Waals surface area contributed by atoms with E-state index in [-0.39, 0.29) is 0 Å². The van der Waals surface area contributed by atoms with E-state index in [0.717, 1.165) is 12.2 Å². The number of hydrogen-bond donors (Lipinski definition) is 0. The van der Waals surface area contributed by atoms with Crippen molar-refractivity contribution in [3.8, 4) is 12.1 Å². The van der Waals surface area contributed by atoms with Crippen LogP contribution in [-0.2, 0) is 4.74 Å². The second kappa shape index (κ2) is 8.97. The Morgan fingerprint density at radius 1 is 1.11 bits per heavy atom. The van der Waals surface area contributed by atoms with E-state index in [1.165, 1.54) is 5.56 Å². The average Bonchev–Trinajstić information content (AvgIpc) is 2.42. The van der Waals surface area contributed by atoms with Gasteiger partial charge in [0.1, 0.15) is 0 Å². The van der Waals surface area contributed by atoms with Gasteiger partial charge in [0.05, 0.1) is 38.2 Å². The van der Waals surface area contributed by atoms with Crippen LogP contribution in [0, 0.1) is 29.6 Å². The summed E-state index contributed by atoms with van der Waals surface area (Å²) >= 11 is 0. The summed E-state index contributed by atoms with van der Waals surface area (Å²) in [6.07, 6.45) is 0.911. The summed E-state index contributed by atoms with van der Waals surface area (Å²) in [5.74, 6) is 0. The van der Waals surface area contributed by atoms with Gasteiger partial charge in [-0.25, -0.2) is 0 Å². The van der Waals surface area contributed by atoms with Crippen LogP contribution < -0.4 is 4.90 Å². The molecule has 0 atom stereocenters. The second-order valence-electron chi connectivity index (χ2n) is 4.25. The maximum absolute atomic E-state index is 8.71. The molecule has 0 aliphatic carbocycles. The first-order valence-corrected chi connectivity index (χ1v) is 6.41. The van der Waals surface area contributed by atoms with Crippen LogP contribution in [0.3, 0.4) is 0 Å². The third kappa shape index (κ3) is 5.90. The highest BCUT2D eigenvalue weighted by Crippen LogP contribution is 2.15. The van der Waals surface area contributed by atoms with Gasteiger partial charge in [0.25, 0.3) is 0 Å². The summed E-state index contributed by atoms with van der Waals surface area (Å²) in [4.78, 5) is 2.14. The molecule has 1 aromatic rings. The lowest BCUT2D eigenvalue weighted by atomic mass is 10.2. The Kier molecular flexibility index (Phi) is 7.09. The Bertz CT molecular complexity index is 459. The lowest BCUT2D eigenvalue weighted by Gasteiger charge is -2.24. The van der Waals surface area contributed by atoms with E-state index >= 15 is 0 Å². The molecule has 0 aliphatic rings. The average molecular weight is 257 g/mol. The lowest BCUT2D eigenvalue weighted by Crippen LogP contribution is -2.28. The SMILES string of the molecule is Cc1cccc(N(CCC#N)CCOCCC#N)c1. The molecule has 4 heteroatoms. The standard InChI is InChI=1S/C15H19N3O/c1-14-5-2-6-15(13-14)18(9-3-7-16)10-12-19-11-4-8-17/h2,5-6,13H,3-4,9-12H2,1H3. The molecule has 0 saturated carbocycles. The number of ether oxygens (including phenoxy) is 1. The van der Waals surface area contributed by atoms with E-state index in [2.05, 4.69) is 30.0 Å². The van der Waals surface area contributed by atoms with Crippen LogP contribution in [-0.4, -0.2) is 26.3 Å². The predicted octanol–water partition coefficient (Wildman–Crippen LogP) is 2.65. The number of anilines is 1. The first-order valence-electron chi connectivity index (χ1n) is 6.41. The van der Waals surface area contributed by atoms with Gasteiger partial charge in [-0.05, 0) is 24.6 Å². The minimum Gasteiger partial charge on any atom is -0.379 e. The smallest absolute Gasteiger partial charge is 0.0645 e. The maximum atomic E-state index is 8.71. The number of benzene rings is 1. The number of nitriles is 2. The zero-order valence-electron chi connectivity index (χ0n) is 11.3. The van der Waals surface area contributed by atoms with Crippen LogP contribution >= 0.6 is 0 Å². The summed E-state index contributed by atoms with van der Waals surface area (Å²) in [7, 11) is 0. The van der Waals surface area contributed by atoms with Gasteiger partial charge in [0.2, 0.25) is 0 Å². The fourth-order valence-corrected chi connectivity index (χ4v) is 1.77.